The molecular formula is C74H124O6. The molecule has 0 aliphatic heterocycles. The lowest BCUT2D eigenvalue weighted by Crippen LogP contribution is -2.30. The molecule has 0 amide bonds. The van der Waals surface area contributed by atoms with Gasteiger partial charge in [-0.05, 0) is 128 Å². The van der Waals surface area contributed by atoms with Crippen LogP contribution in [0.25, 0.3) is 0 Å². The first kappa shape index (κ1) is 75.8. The fourth-order valence-electron chi connectivity index (χ4n) is 9.14. The van der Waals surface area contributed by atoms with Gasteiger partial charge in [-0.2, -0.15) is 0 Å². The summed E-state index contributed by atoms with van der Waals surface area (Å²) in [6.45, 7) is 6.48. The molecule has 0 N–H and O–H groups in total. The van der Waals surface area contributed by atoms with Gasteiger partial charge in [-0.15, -0.1) is 0 Å². The average Bonchev–Trinajstić information content (AvgIpc) is 3.46. The first-order valence-corrected chi connectivity index (χ1v) is 33.5. The maximum Gasteiger partial charge on any atom is 0.306 e. The minimum atomic E-state index is -0.792. The molecule has 0 saturated heterocycles. The highest BCUT2D eigenvalue weighted by atomic mass is 16.6. The van der Waals surface area contributed by atoms with Gasteiger partial charge in [0.2, 0.25) is 0 Å². The molecule has 0 saturated carbocycles. The summed E-state index contributed by atoms with van der Waals surface area (Å²) in [5, 5.41) is 0. The molecule has 0 rings (SSSR count). The van der Waals surface area contributed by atoms with E-state index in [4.69, 9.17) is 14.2 Å². The van der Waals surface area contributed by atoms with Crippen LogP contribution in [0.1, 0.15) is 310 Å². The van der Waals surface area contributed by atoms with E-state index in [0.29, 0.717) is 19.3 Å². The highest BCUT2D eigenvalue weighted by Gasteiger charge is 2.19. The topological polar surface area (TPSA) is 78.9 Å². The van der Waals surface area contributed by atoms with E-state index in [9.17, 15) is 14.4 Å². The molecular weight excluding hydrogens is 985 g/mol. The van der Waals surface area contributed by atoms with Crippen LogP contribution < -0.4 is 0 Å². The summed E-state index contributed by atoms with van der Waals surface area (Å²) in [5.74, 6) is -0.905. The molecule has 80 heavy (non-hydrogen) atoms. The van der Waals surface area contributed by atoms with Gasteiger partial charge in [-0.1, -0.05) is 284 Å². The van der Waals surface area contributed by atoms with Crippen LogP contribution in [-0.2, 0) is 28.6 Å². The molecule has 1 unspecified atom stereocenters. The van der Waals surface area contributed by atoms with Gasteiger partial charge in [0.25, 0.3) is 0 Å². The van der Waals surface area contributed by atoms with Gasteiger partial charge >= 0.3 is 17.9 Å². The van der Waals surface area contributed by atoms with Crippen LogP contribution in [0, 0.1) is 0 Å². The van der Waals surface area contributed by atoms with Crippen molar-refractivity contribution in [3.05, 3.63) is 122 Å². The van der Waals surface area contributed by atoms with Gasteiger partial charge in [0.1, 0.15) is 13.2 Å². The Kier molecular flexibility index (Phi) is 63.8. The Morgan fingerprint density at radius 2 is 0.500 bits per heavy atom. The van der Waals surface area contributed by atoms with Crippen molar-refractivity contribution in [3.63, 3.8) is 0 Å². The minimum Gasteiger partial charge on any atom is -0.462 e. The predicted molar refractivity (Wildman–Crippen MR) is 348 cm³/mol. The molecule has 0 aliphatic carbocycles. The number of ether oxygens (including phenoxy) is 3. The molecule has 0 heterocycles. The fourth-order valence-corrected chi connectivity index (χ4v) is 9.14. The normalized spacial score (nSPS) is 12.9. The van der Waals surface area contributed by atoms with Crippen LogP contribution in [0.2, 0.25) is 0 Å². The highest BCUT2D eigenvalue weighted by Crippen LogP contribution is 2.16. The number of unbranched alkanes of at least 4 members (excludes halogenated alkanes) is 29. The van der Waals surface area contributed by atoms with Crippen LogP contribution in [0.5, 0.6) is 0 Å². The van der Waals surface area contributed by atoms with E-state index in [0.717, 1.165) is 135 Å². The van der Waals surface area contributed by atoms with Crippen molar-refractivity contribution in [2.75, 3.05) is 13.2 Å². The van der Waals surface area contributed by atoms with Crippen molar-refractivity contribution in [3.8, 4) is 0 Å². The lowest BCUT2D eigenvalue weighted by molar-refractivity contribution is -0.167. The van der Waals surface area contributed by atoms with Crippen molar-refractivity contribution in [2.24, 2.45) is 0 Å². The van der Waals surface area contributed by atoms with Gasteiger partial charge in [0.15, 0.2) is 6.10 Å². The molecule has 0 aromatic heterocycles. The lowest BCUT2D eigenvalue weighted by Gasteiger charge is -2.18. The van der Waals surface area contributed by atoms with Crippen molar-refractivity contribution in [1.29, 1.82) is 0 Å². The molecule has 1 atom stereocenters. The smallest absolute Gasteiger partial charge is 0.306 e. The Labute approximate surface area is 494 Å². The Hall–Kier alpha value is -4.19. The molecule has 0 spiro atoms. The summed E-state index contributed by atoms with van der Waals surface area (Å²) in [7, 11) is 0. The van der Waals surface area contributed by atoms with E-state index in [2.05, 4.69) is 142 Å². The van der Waals surface area contributed by atoms with E-state index in [1.54, 1.807) is 0 Å². The zero-order valence-corrected chi connectivity index (χ0v) is 52.3. The highest BCUT2D eigenvalue weighted by molar-refractivity contribution is 5.71. The first-order valence-electron chi connectivity index (χ1n) is 33.5. The number of carbonyl (C=O) groups excluding carboxylic acids is 3. The molecule has 0 bridgehead atoms. The van der Waals surface area contributed by atoms with Crippen LogP contribution in [0.3, 0.4) is 0 Å². The maximum atomic E-state index is 12.9. The third kappa shape index (κ3) is 64.6. The first-order chi connectivity index (χ1) is 39.5. The average molecular weight is 1110 g/mol. The van der Waals surface area contributed by atoms with Gasteiger partial charge in [-0.3, -0.25) is 14.4 Å². The molecule has 6 nitrogen and oxygen atoms in total. The number of allylic oxidation sites excluding steroid dienone is 20. The Morgan fingerprint density at radius 3 is 0.812 bits per heavy atom. The second kappa shape index (κ2) is 67.3. The summed E-state index contributed by atoms with van der Waals surface area (Å²) in [6.07, 6.45) is 93.5. The van der Waals surface area contributed by atoms with E-state index in [1.807, 2.05) is 0 Å². The summed E-state index contributed by atoms with van der Waals surface area (Å²) < 4.78 is 16.9. The third-order valence-electron chi connectivity index (χ3n) is 14.2. The number of esters is 3. The van der Waals surface area contributed by atoms with Gasteiger partial charge in [-0.25, -0.2) is 0 Å². The number of rotatable bonds is 60. The predicted octanol–water partition coefficient (Wildman–Crippen LogP) is 23.2. The molecule has 0 aromatic carbocycles. The number of hydrogen-bond donors (Lipinski definition) is 0. The largest absolute Gasteiger partial charge is 0.462 e. The second-order valence-electron chi connectivity index (χ2n) is 22.0. The quantitative estimate of drug-likeness (QED) is 0.0261. The minimum absolute atomic E-state index is 0.0883. The van der Waals surface area contributed by atoms with Crippen LogP contribution >= 0.6 is 0 Å². The molecule has 0 fully saturated rings. The zero-order valence-electron chi connectivity index (χ0n) is 52.3. The van der Waals surface area contributed by atoms with E-state index < -0.39 is 6.10 Å². The second-order valence-corrected chi connectivity index (χ2v) is 22.0. The Morgan fingerprint density at radius 1 is 0.263 bits per heavy atom. The maximum absolute atomic E-state index is 12.9. The van der Waals surface area contributed by atoms with Gasteiger partial charge in [0.05, 0.1) is 0 Å². The lowest BCUT2D eigenvalue weighted by atomic mass is 10.1. The Balaban J connectivity index is 4.31. The van der Waals surface area contributed by atoms with Crippen molar-refractivity contribution in [2.45, 2.75) is 316 Å². The summed E-state index contributed by atoms with van der Waals surface area (Å²) in [4.78, 5) is 38.3. The van der Waals surface area contributed by atoms with Crippen molar-refractivity contribution < 1.29 is 28.6 Å². The van der Waals surface area contributed by atoms with Gasteiger partial charge in [0, 0.05) is 19.3 Å². The van der Waals surface area contributed by atoms with Crippen molar-refractivity contribution in [1.82, 2.24) is 0 Å². The molecule has 0 aromatic rings. The van der Waals surface area contributed by atoms with E-state index in [1.165, 1.54) is 135 Å². The summed E-state index contributed by atoms with van der Waals surface area (Å²) in [6, 6.07) is 0. The SMILES string of the molecule is CC/C=C\C/C=C\C/C=C\C/C=C\C/C=C\C/C=C\C/C=C\CCCCCCCCCCCC(=O)OCC(COC(=O)CCCCCCC/C=C\C/C=C\CCCC)OC(=O)CCCCCCCCC/C=C\CCCCCCCC. The van der Waals surface area contributed by atoms with Crippen LogP contribution in [-0.4, -0.2) is 37.2 Å². The molecule has 0 radical (unpaired) electrons. The summed E-state index contributed by atoms with van der Waals surface area (Å²) in [5.41, 5.74) is 0. The molecule has 6 heteroatoms. The third-order valence-corrected chi connectivity index (χ3v) is 14.2. The molecule has 0 aliphatic rings. The van der Waals surface area contributed by atoms with Gasteiger partial charge < -0.3 is 14.2 Å². The van der Waals surface area contributed by atoms with E-state index in [-0.39, 0.29) is 31.1 Å². The Bertz CT molecular complexity index is 1650. The molecule has 456 valence electrons. The monoisotopic (exact) mass is 1110 g/mol. The fraction of sp³-hybridized carbons (Fsp3) is 0.689. The number of carbonyl (C=O) groups is 3. The van der Waals surface area contributed by atoms with E-state index >= 15 is 0 Å². The zero-order chi connectivity index (χ0) is 57.8. The van der Waals surface area contributed by atoms with Crippen molar-refractivity contribution >= 4 is 17.9 Å². The van der Waals surface area contributed by atoms with Crippen LogP contribution in [0.4, 0.5) is 0 Å². The standard InChI is InChI=1S/C74H124O6/c1-4-7-10-13-16-19-22-25-28-30-31-32-33-34-35-36-37-38-39-40-41-42-43-45-46-49-52-55-58-61-64-67-73(76)79-70-71(69-78-72(75)66-63-60-57-54-51-48-27-24-21-18-15-12-9-6-3)80-74(77)68-65-62-59-56-53-50-47-44-29-26-23-20-17-14-11-8-5-2/h7,10,15-16,18-19,24-29,31-32,34-35,37-38,40-41,71H,4-6,8-9,11-14,17,20-23,30,33,36,39,42-70H2,1-3H3/b10-7-,18-15-,19-16-,27-24-,28-25-,29-26-,32-31-,35-34-,38-37-,41-40-. The summed E-state index contributed by atoms with van der Waals surface area (Å²) >= 11 is 0. The number of hydrogen-bond acceptors (Lipinski definition) is 6. The van der Waals surface area contributed by atoms with Crippen LogP contribution in [0.15, 0.2) is 122 Å².